The van der Waals surface area contributed by atoms with Crippen LogP contribution in [0.3, 0.4) is 0 Å². The lowest BCUT2D eigenvalue weighted by atomic mass is 10.1. The summed E-state index contributed by atoms with van der Waals surface area (Å²) < 4.78 is 27.5. The maximum absolute atomic E-state index is 12.4. The molecule has 1 aromatic carbocycles. The molecule has 0 bridgehead atoms. The van der Waals surface area contributed by atoms with Crippen molar-refractivity contribution in [2.75, 3.05) is 20.6 Å². The molecule has 1 unspecified atom stereocenters. The lowest BCUT2D eigenvalue weighted by Gasteiger charge is -2.19. The first kappa shape index (κ1) is 17.1. The maximum atomic E-state index is 12.4. The van der Waals surface area contributed by atoms with E-state index in [0.29, 0.717) is 17.7 Å². The minimum absolute atomic E-state index is 0.165. The Kier molecular flexibility index (Phi) is 5.70. The van der Waals surface area contributed by atoms with Gasteiger partial charge >= 0.3 is 0 Å². The van der Waals surface area contributed by atoms with E-state index in [0.717, 1.165) is 5.56 Å². The zero-order valence-corrected chi connectivity index (χ0v) is 13.6. The highest BCUT2D eigenvalue weighted by atomic mass is 32.2. The maximum Gasteiger partial charge on any atom is 0.241 e. The Hall–Kier alpha value is -0.950. The van der Waals surface area contributed by atoms with Gasteiger partial charge in [-0.3, -0.25) is 0 Å². The number of aliphatic hydroxyl groups excluding tert-OH is 1. The molecular weight excluding hydrogens is 276 g/mol. The molecule has 0 radical (unpaired) electrons. The fourth-order valence-electron chi connectivity index (χ4n) is 2.25. The van der Waals surface area contributed by atoms with Crippen LogP contribution >= 0.6 is 0 Å². The second kappa shape index (κ2) is 6.67. The van der Waals surface area contributed by atoms with Crippen LogP contribution in [-0.2, 0) is 16.6 Å². The van der Waals surface area contributed by atoms with Crippen LogP contribution in [0.15, 0.2) is 17.0 Å². The van der Waals surface area contributed by atoms with Gasteiger partial charge in [-0.05, 0) is 57.6 Å². The van der Waals surface area contributed by atoms with E-state index >= 15 is 0 Å². The van der Waals surface area contributed by atoms with Gasteiger partial charge in [-0.2, -0.15) is 0 Å². The molecule has 0 aromatic heterocycles. The molecule has 5 nitrogen and oxygen atoms in total. The quantitative estimate of drug-likeness (QED) is 0.823. The summed E-state index contributed by atoms with van der Waals surface area (Å²) in [4.78, 5) is 2.16. The highest BCUT2D eigenvalue weighted by molar-refractivity contribution is 7.89. The summed E-state index contributed by atoms with van der Waals surface area (Å²) >= 11 is 0. The summed E-state index contributed by atoms with van der Waals surface area (Å²) in [6, 6.07) is 3.15. The summed E-state index contributed by atoms with van der Waals surface area (Å²) in [7, 11) is 0.216. The van der Waals surface area contributed by atoms with E-state index in [1.165, 1.54) is 0 Å². The number of aliphatic hydroxyl groups is 1. The number of aryl methyl sites for hydroxylation is 2. The van der Waals surface area contributed by atoms with Gasteiger partial charge in [-0.25, -0.2) is 13.1 Å². The monoisotopic (exact) mass is 300 g/mol. The van der Waals surface area contributed by atoms with Crippen molar-refractivity contribution in [2.45, 2.75) is 38.3 Å². The summed E-state index contributed by atoms with van der Waals surface area (Å²) in [5.74, 6) is 0. The Balaban J connectivity index is 3.09. The van der Waals surface area contributed by atoms with E-state index in [9.17, 15) is 13.5 Å². The molecule has 1 rings (SSSR count). The Morgan fingerprint density at radius 2 is 1.85 bits per heavy atom. The Bertz CT molecular complexity index is 568. The summed E-state index contributed by atoms with van der Waals surface area (Å²) in [6.45, 7) is 5.91. The molecule has 0 heterocycles. The number of sulfonamides is 1. The number of nitrogens with one attached hydrogen (secondary N) is 1. The van der Waals surface area contributed by atoms with Crippen LogP contribution in [0.1, 0.15) is 23.6 Å². The highest BCUT2D eigenvalue weighted by Gasteiger charge is 2.21. The van der Waals surface area contributed by atoms with E-state index in [1.807, 2.05) is 32.8 Å². The smallest absolute Gasteiger partial charge is 0.241 e. The van der Waals surface area contributed by atoms with Crippen molar-refractivity contribution in [3.63, 3.8) is 0 Å². The molecule has 0 amide bonds. The third-order valence-electron chi connectivity index (χ3n) is 3.09. The molecule has 0 aliphatic heterocycles. The largest absolute Gasteiger partial charge is 0.392 e. The van der Waals surface area contributed by atoms with E-state index < -0.39 is 10.0 Å². The van der Waals surface area contributed by atoms with Gasteiger partial charge in [-0.1, -0.05) is 6.07 Å². The van der Waals surface area contributed by atoms with Crippen LogP contribution in [0, 0.1) is 13.8 Å². The first-order valence-electron chi connectivity index (χ1n) is 6.55. The highest BCUT2D eigenvalue weighted by Crippen LogP contribution is 2.20. The Labute approximate surface area is 121 Å². The standard InChI is InChI=1S/C14H24N2O3S/c1-10-6-11(2)14(7-13(10)9-17)20(18,19)15-12(3)8-16(4)5/h6-7,12,15,17H,8-9H2,1-5H3. The van der Waals surface area contributed by atoms with Crippen molar-refractivity contribution >= 4 is 10.0 Å². The van der Waals surface area contributed by atoms with E-state index in [-0.39, 0.29) is 17.5 Å². The molecular formula is C14H24N2O3S. The zero-order valence-electron chi connectivity index (χ0n) is 12.8. The minimum atomic E-state index is -3.57. The van der Waals surface area contributed by atoms with Crippen molar-refractivity contribution in [2.24, 2.45) is 0 Å². The van der Waals surface area contributed by atoms with Crippen LogP contribution < -0.4 is 4.72 Å². The van der Waals surface area contributed by atoms with Crippen molar-refractivity contribution in [3.05, 3.63) is 28.8 Å². The van der Waals surface area contributed by atoms with Crippen LogP contribution in [0.5, 0.6) is 0 Å². The summed E-state index contributed by atoms with van der Waals surface area (Å²) in [5.41, 5.74) is 2.21. The van der Waals surface area contributed by atoms with E-state index in [2.05, 4.69) is 4.72 Å². The van der Waals surface area contributed by atoms with Crippen molar-refractivity contribution < 1.29 is 13.5 Å². The van der Waals surface area contributed by atoms with Gasteiger partial charge in [0.1, 0.15) is 0 Å². The molecule has 0 spiro atoms. The molecule has 0 saturated carbocycles. The average molecular weight is 300 g/mol. The molecule has 0 saturated heterocycles. The Morgan fingerprint density at radius 3 is 2.35 bits per heavy atom. The van der Waals surface area contributed by atoms with Crippen LogP contribution in [0.4, 0.5) is 0 Å². The zero-order chi connectivity index (χ0) is 15.5. The molecule has 2 N–H and O–H groups in total. The summed E-state index contributed by atoms with van der Waals surface area (Å²) in [6.07, 6.45) is 0. The predicted octanol–water partition coefficient (Wildman–Crippen LogP) is 1.02. The van der Waals surface area contributed by atoms with Crippen molar-refractivity contribution in [1.29, 1.82) is 0 Å². The first-order chi connectivity index (χ1) is 9.17. The van der Waals surface area contributed by atoms with E-state index in [4.69, 9.17) is 0 Å². The fraction of sp³-hybridized carbons (Fsp3) is 0.571. The molecule has 0 aliphatic rings. The van der Waals surface area contributed by atoms with Gasteiger partial charge in [0, 0.05) is 12.6 Å². The van der Waals surface area contributed by atoms with E-state index in [1.54, 1.807) is 19.1 Å². The van der Waals surface area contributed by atoms with Gasteiger partial charge in [0.15, 0.2) is 0 Å². The second-order valence-electron chi connectivity index (χ2n) is 5.49. The van der Waals surface area contributed by atoms with Crippen molar-refractivity contribution in [1.82, 2.24) is 9.62 Å². The van der Waals surface area contributed by atoms with Gasteiger partial charge in [0.05, 0.1) is 11.5 Å². The normalized spacial score (nSPS) is 13.8. The van der Waals surface area contributed by atoms with Crippen molar-refractivity contribution in [3.8, 4) is 0 Å². The molecule has 0 aliphatic carbocycles. The summed E-state index contributed by atoms with van der Waals surface area (Å²) in [5, 5.41) is 9.28. The van der Waals surface area contributed by atoms with Gasteiger partial charge < -0.3 is 10.0 Å². The third kappa shape index (κ3) is 4.28. The minimum Gasteiger partial charge on any atom is -0.392 e. The van der Waals surface area contributed by atoms with Crippen LogP contribution in [0.2, 0.25) is 0 Å². The topological polar surface area (TPSA) is 69.6 Å². The number of rotatable bonds is 6. The molecule has 1 atom stereocenters. The number of benzene rings is 1. The lowest BCUT2D eigenvalue weighted by Crippen LogP contribution is -2.39. The number of hydrogen-bond acceptors (Lipinski definition) is 4. The molecule has 1 aromatic rings. The molecule has 114 valence electrons. The van der Waals surface area contributed by atoms with Gasteiger partial charge in [-0.15, -0.1) is 0 Å². The first-order valence-corrected chi connectivity index (χ1v) is 8.03. The number of hydrogen-bond donors (Lipinski definition) is 2. The van der Waals surface area contributed by atoms with Crippen LogP contribution in [-0.4, -0.2) is 45.1 Å². The molecule has 20 heavy (non-hydrogen) atoms. The SMILES string of the molecule is Cc1cc(C)c(S(=O)(=O)NC(C)CN(C)C)cc1CO. The molecule has 6 heteroatoms. The lowest BCUT2D eigenvalue weighted by molar-refractivity contribution is 0.280. The number of likely N-dealkylation sites (N-methyl/N-ethyl adjacent to an activating group) is 1. The van der Waals surface area contributed by atoms with Crippen LogP contribution in [0.25, 0.3) is 0 Å². The molecule has 0 fully saturated rings. The predicted molar refractivity (Wildman–Crippen MR) is 80.2 cm³/mol. The Morgan fingerprint density at radius 1 is 1.25 bits per heavy atom. The second-order valence-corrected chi connectivity index (χ2v) is 7.17. The number of nitrogens with zero attached hydrogens (tertiary/aromatic N) is 1. The van der Waals surface area contributed by atoms with Gasteiger partial charge in [0.2, 0.25) is 10.0 Å². The fourth-order valence-corrected chi connectivity index (χ4v) is 3.76. The third-order valence-corrected chi connectivity index (χ3v) is 4.82. The van der Waals surface area contributed by atoms with Gasteiger partial charge in [0.25, 0.3) is 0 Å². The average Bonchev–Trinajstić information content (AvgIpc) is 2.26.